The predicted octanol–water partition coefficient (Wildman–Crippen LogP) is 4.28. The zero-order valence-electron chi connectivity index (χ0n) is 19.7. The highest BCUT2D eigenvalue weighted by Crippen LogP contribution is 2.33. The fraction of sp³-hybridized carbons (Fsp3) is 0.320. The van der Waals surface area contributed by atoms with E-state index in [0.717, 1.165) is 22.9 Å². The molecule has 0 aliphatic carbocycles. The van der Waals surface area contributed by atoms with Crippen LogP contribution in [0.3, 0.4) is 0 Å². The lowest BCUT2D eigenvalue weighted by Gasteiger charge is -2.28. The van der Waals surface area contributed by atoms with Gasteiger partial charge in [-0.3, -0.25) is 9.78 Å². The first-order valence-electron chi connectivity index (χ1n) is 11.3. The number of hydrogen-bond donors (Lipinski definition) is 2. The Balaban J connectivity index is 1.65. The first kappa shape index (κ1) is 25.4. The van der Waals surface area contributed by atoms with E-state index < -0.39 is 24.1 Å². The zero-order chi connectivity index (χ0) is 25.9. The Hall–Kier alpha value is -3.70. The van der Waals surface area contributed by atoms with Crippen molar-refractivity contribution in [3.8, 4) is 17.0 Å². The lowest BCUT2D eigenvalue weighted by atomic mass is 10.00. The minimum Gasteiger partial charge on any atom is -0.448 e. The quantitative estimate of drug-likeness (QED) is 0.486. The Morgan fingerprint density at radius 3 is 2.61 bits per heavy atom. The summed E-state index contributed by atoms with van der Waals surface area (Å²) in [5.74, 6) is 0.186. The molecular weight excluding hydrogens is 477 g/mol. The Labute approximate surface area is 205 Å². The van der Waals surface area contributed by atoms with Crippen molar-refractivity contribution in [3.05, 3.63) is 65.5 Å². The van der Waals surface area contributed by atoms with Crippen LogP contribution in [-0.2, 0) is 10.9 Å². The molecule has 190 valence electrons. The number of benzene rings is 1. The Morgan fingerprint density at radius 1 is 1.17 bits per heavy atom. The molecule has 0 bridgehead atoms. The molecule has 0 saturated carbocycles. The Morgan fingerprint density at radius 2 is 1.92 bits per heavy atom. The summed E-state index contributed by atoms with van der Waals surface area (Å²) in [6.45, 7) is 5.78. The third kappa shape index (κ3) is 6.10. The number of aromatic nitrogens is 2. The summed E-state index contributed by atoms with van der Waals surface area (Å²) >= 11 is 0. The van der Waals surface area contributed by atoms with Crippen molar-refractivity contribution in [1.82, 2.24) is 9.97 Å². The van der Waals surface area contributed by atoms with Crippen molar-refractivity contribution in [1.29, 1.82) is 0 Å². The molecule has 0 radical (unpaired) electrons. The molecule has 4 rings (SSSR count). The molecule has 8 nitrogen and oxygen atoms in total. The van der Waals surface area contributed by atoms with Crippen LogP contribution in [0.4, 0.5) is 24.7 Å². The Bertz CT molecular complexity index is 1240. The number of nitrogens with zero attached hydrogens (tertiary/aromatic N) is 3. The maximum atomic E-state index is 13.0. The molecule has 1 aliphatic rings. The van der Waals surface area contributed by atoms with Gasteiger partial charge >= 0.3 is 6.18 Å². The minimum absolute atomic E-state index is 0.161. The maximum Gasteiger partial charge on any atom is 0.433 e. The van der Waals surface area contributed by atoms with Crippen LogP contribution in [0, 0.1) is 6.92 Å². The monoisotopic (exact) mass is 502 g/mol. The summed E-state index contributed by atoms with van der Waals surface area (Å²) < 4.78 is 49.8. The second-order valence-corrected chi connectivity index (χ2v) is 8.28. The number of ether oxygens (including phenoxy) is 2. The second-order valence-electron chi connectivity index (χ2n) is 8.28. The minimum atomic E-state index is -4.65. The molecule has 1 aliphatic heterocycles. The van der Waals surface area contributed by atoms with Gasteiger partial charge in [-0.05, 0) is 60.9 Å². The van der Waals surface area contributed by atoms with Crippen molar-refractivity contribution >= 4 is 17.4 Å². The highest BCUT2D eigenvalue weighted by atomic mass is 19.4. The van der Waals surface area contributed by atoms with Crippen LogP contribution < -0.4 is 15.0 Å². The number of halogens is 3. The van der Waals surface area contributed by atoms with Crippen molar-refractivity contribution in [2.45, 2.75) is 26.3 Å². The summed E-state index contributed by atoms with van der Waals surface area (Å²) in [6, 6.07) is 10.7. The van der Waals surface area contributed by atoms with Gasteiger partial charge in [0.25, 0.3) is 5.91 Å². The van der Waals surface area contributed by atoms with Gasteiger partial charge in [-0.1, -0.05) is 6.07 Å². The van der Waals surface area contributed by atoms with Gasteiger partial charge in [0, 0.05) is 36.6 Å². The lowest BCUT2D eigenvalue weighted by molar-refractivity contribution is -0.141. The van der Waals surface area contributed by atoms with E-state index in [1.165, 1.54) is 13.0 Å². The summed E-state index contributed by atoms with van der Waals surface area (Å²) in [5, 5.41) is 12.4. The van der Waals surface area contributed by atoms with Gasteiger partial charge in [-0.25, -0.2) is 0 Å². The molecule has 1 fully saturated rings. The lowest BCUT2D eigenvalue weighted by Crippen LogP contribution is -2.36. The number of aryl methyl sites for hydroxylation is 1. The van der Waals surface area contributed by atoms with Gasteiger partial charge < -0.3 is 24.8 Å². The molecule has 3 aromatic rings. The molecule has 1 unspecified atom stereocenters. The van der Waals surface area contributed by atoms with Gasteiger partial charge in [0.1, 0.15) is 11.5 Å². The highest BCUT2D eigenvalue weighted by Gasteiger charge is 2.33. The van der Waals surface area contributed by atoms with Crippen LogP contribution in [0.2, 0.25) is 0 Å². The van der Waals surface area contributed by atoms with E-state index in [2.05, 4.69) is 15.3 Å². The summed E-state index contributed by atoms with van der Waals surface area (Å²) in [6.07, 6.45) is -4.77. The molecule has 2 aromatic heterocycles. The molecule has 2 N–H and O–H groups in total. The molecule has 1 amide bonds. The number of carbonyl (C=O) groups excluding carboxylic acids is 1. The number of anilines is 2. The number of nitrogens with one attached hydrogen (secondary N) is 1. The number of rotatable bonds is 6. The first-order valence-corrected chi connectivity index (χ1v) is 11.3. The van der Waals surface area contributed by atoms with Crippen LogP contribution in [-0.4, -0.2) is 53.6 Å². The van der Waals surface area contributed by atoms with Crippen LogP contribution in [0.5, 0.6) is 5.88 Å². The van der Waals surface area contributed by atoms with Gasteiger partial charge in [0.15, 0.2) is 6.29 Å². The highest BCUT2D eigenvalue weighted by molar-refractivity contribution is 6.04. The van der Waals surface area contributed by atoms with Crippen LogP contribution in [0.15, 0.2) is 48.7 Å². The van der Waals surface area contributed by atoms with Crippen LogP contribution in [0.1, 0.15) is 28.5 Å². The number of morpholine rings is 1. The average molecular weight is 502 g/mol. The number of alkyl halides is 3. The van der Waals surface area contributed by atoms with Gasteiger partial charge in [0.2, 0.25) is 5.88 Å². The van der Waals surface area contributed by atoms with E-state index in [0.29, 0.717) is 43.9 Å². The van der Waals surface area contributed by atoms with Gasteiger partial charge in [-0.2, -0.15) is 18.2 Å². The molecule has 3 heterocycles. The van der Waals surface area contributed by atoms with E-state index in [1.807, 2.05) is 17.9 Å². The van der Waals surface area contributed by atoms with Crippen molar-refractivity contribution in [2.75, 3.05) is 36.5 Å². The molecule has 36 heavy (non-hydrogen) atoms. The molecule has 1 saturated heterocycles. The van der Waals surface area contributed by atoms with E-state index >= 15 is 0 Å². The summed E-state index contributed by atoms with van der Waals surface area (Å²) in [4.78, 5) is 22.5. The zero-order valence-corrected chi connectivity index (χ0v) is 19.7. The van der Waals surface area contributed by atoms with E-state index in [1.54, 1.807) is 24.3 Å². The average Bonchev–Trinajstić information content (AvgIpc) is 2.84. The van der Waals surface area contributed by atoms with Crippen molar-refractivity contribution < 1.29 is 32.5 Å². The second kappa shape index (κ2) is 10.5. The topological polar surface area (TPSA) is 96.8 Å². The van der Waals surface area contributed by atoms with E-state index in [9.17, 15) is 23.1 Å². The fourth-order valence-electron chi connectivity index (χ4n) is 3.78. The van der Waals surface area contributed by atoms with Gasteiger partial charge in [-0.15, -0.1) is 0 Å². The fourth-order valence-corrected chi connectivity index (χ4v) is 3.78. The van der Waals surface area contributed by atoms with E-state index in [-0.39, 0.29) is 11.4 Å². The molecular formula is C25H25F3N4O4. The standard InChI is InChI=1S/C25H25F3N4O4/c1-15-3-4-19(30-24(34)17-5-6-29-21(11-17)25(26,27)28)14-20(15)18-12-22(32-7-9-35-10-8-32)31-23(13-18)36-16(2)33/h3-6,11-14,16,33H,7-10H2,1-2H3,(H,30,34). The molecule has 1 aromatic carbocycles. The number of amides is 1. The maximum absolute atomic E-state index is 13.0. The van der Waals surface area contributed by atoms with E-state index in [4.69, 9.17) is 9.47 Å². The van der Waals surface area contributed by atoms with Crippen molar-refractivity contribution in [3.63, 3.8) is 0 Å². The SMILES string of the molecule is Cc1ccc(NC(=O)c2ccnc(C(F)(F)F)c2)cc1-c1cc(OC(C)O)nc(N2CCOCC2)c1. The number of aliphatic hydroxyl groups is 1. The summed E-state index contributed by atoms with van der Waals surface area (Å²) in [5.41, 5.74) is 1.47. The van der Waals surface area contributed by atoms with Gasteiger partial charge in [0.05, 0.1) is 13.2 Å². The van der Waals surface area contributed by atoms with Crippen LogP contribution in [0.25, 0.3) is 11.1 Å². The number of pyridine rings is 2. The summed E-state index contributed by atoms with van der Waals surface area (Å²) in [7, 11) is 0. The smallest absolute Gasteiger partial charge is 0.433 e. The normalized spacial score (nSPS) is 14.9. The Kier molecular flexibility index (Phi) is 7.41. The molecule has 11 heteroatoms. The molecule has 1 atom stereocenters. The number of carbonyl (C=O) groups is 1. The third-order valence-electron chi connectivity index (χ3n) is 5.53. The molecule has 0 spiro atoms. The first-order chi connectivity index (χ1) is 17.1. The van der Waals surface area contributed by atoms with Crippen molar-refractivity contribution in [2.24, 2.45) is 0 Å². The predicted molar refractivity (Wildman–Crippen MR) is 127 cm³/mol. The number of aliphatic hydroxyl groups excluding tert-OH is 1. The number of hydrogen-bond acceptors (Lipinski definition) is 7. The largest absolute Gasteiger partial charge is 0.448 e. The van der Waals surface area contributed by atoms with Crippen LogP contribution >= 0.6 is 0 Å². The third-order valence-corrected chi connectivity index (χ3v) is 5.53.